The molecule has 12 heavy (non-hydrogen) atoms. The molecule has 0 bridgehead atoms. The van der Waals surface area contributed by atoms with Gasteiger partial charge in [0.1, 0.15) is 0 Å². The van der Waals surface area contributed by atoms with Crippen LogP contribution in [0.1, 0.15) is 13.3 Å². The van der Waals surface area contributed by atoms with Crippen LogP contribution in [0.5, 0.6) is 0 Å². The van der Waals surface area contributed by atoms with E-state index in [1.54, 1.807) is 6.92 Å². The molecule has 0 fully saturated rings. The lowest BCUT2D eigenvalue weighted by atomic mass is 10.4. The molecule has 0 aliphatic heterocycles. The molecule has 0 aliphatic rings. The molecule has 3 N–H and O–H groups in total. The van der Waals surface area contributed by atoms with E-state index in [0.29, 0.717) is 0 Å². The predicted octanol–water partition coefficient (Wildman–Crippen LogP) is -0.372. The molecular formula is C6H12N2O4. The Labute approximate surface area is 69.8 Å². The van der Waals surface area contributed by atoms with Crippen LogP contribution in [0.2, 0.25) is 0 Å². The minimum atomic E-state index is -0.566. The van der Waals surface area contributed by atoms with Gasteiger partial charge < -0.3 is 10.1 Å². The molecule has 0 atom stereocenters. The van der Waals surface area contributed by atoms with E-state index in [0.717, 1.165) is 0 Å². The van der Waals surface area contributed by atoms with Gasteiger partial charge in [-0.1, -0.05) is 0 Å². The van der Waals surface area contributed by atoms with Gasteiger partial charge >= 0.3 is 6.09 Å². The second-order valence-electron chi connectivity index (χ2n) is 1.93. The highest BCUT2D eigenvalue weighted by molar-refractivity contribution is 5.75. The van der Waals surface area contributed by atoms with Gasteiger partial charge in [-0.15, -0.1) is 0 Å². The van der Waals surface area contributed by atoms with Crippen LogP contribution in [0, 0.1) is 0 Å². The molecule has 0 radical (unpaired) electrons. The van der Waals surface area contributed by atoms with Crippen LogP contribution in [0.25, 0.3) is 0 Å². The summed E-state index contributed by atoms with van der Waals surface area (Å²) < 4.78 is 4.51. The summed E-state index contributed by atoms with van der Waals surface area (Å²) in [6, 6.07) is 0. The number of alkyl carbamates (subject to hydrolysis) is 1. The molecule has 0 saturated heterocycles. The molecule has 0 rings (SSSR count). The van der Waals surface area contributed by atoms with Crippen molar-refractivity contribution in [1.82, 2.24) is 10.8 Å². The molecule has 0 aromatic rings. The zero-order valence-electron chi connectivity index (χ0n) is 6.79. The number of rotatable bonds is 4. The molecule has 0 unspecified atom stereocenters. The van der Waals surface area contributed by atoms with E-state index in [-0.39, 0.29) is 19.6 Å². The molecule has 0 saturated carbocycles. The Bertz CT molecular complexity index is 160. The minimum Gasteiger partial charge on any atom is -0.450 e. The quantitative estimate of drug-likeness (QED) is 0.402. The average Bonchev–Trinajstić information content (AvgIpc) is 2.04. The average molecular weight is 176 g/mol. The monoisotopic (exact) mass is 176 g/mol. The van der Waals surface area contributed by atoms with E-state index in [1.807, 2.05) is 0 Å². The number of hydrogen-bond donors (Lipinski definition) is 3. The van der Waals surface area contributed by atoms with Crippen LogP contribution < -0.4 is 10.8 Å². The van der Waals surface area contributed by atoms with Crippen LogP contribution in [0.4, 0.5) is 4.79 Å². The van der Waals surface area contributed by atoms with Crippen LogP contribution in [-0.4, -0.2) is 30.4 Å². The van der Waals surface area contributed by atoms with Gasteiger partial charge in [-0.25, -0.2) is 10.3 Å². The third-order valence-electron chi connectivity index (χ3n) is 1.02. The molecule has 0 aliphatic carbocycles. The predicted molar refractivity (Wildman–Crippen MR) is 39.6 cm³/mol. The fourth-order valence-corrected chi connectivity index (χ4v) is 0.516. The van der Waals surface area contributed by atoms with Crippen molar-refractivity contribution in [3.63, 3.8) is 0 Å². The molecule has 0 aromatic carbocycles. The number of nitrogens with one attached hydrogen (secondary N) is 2. The summed E-state index contributed by atoms with van der Waals surface area (Å²) in [5, 5.41) is 10.4. The fraction of sp³-hybridized carbons (Fsp3) is 0.667. The number of carbonyl (C=O) groups excluding carboxylic acids is 2. The van der Waals surface area contributed by atoms with Gasteiger partial charge in [0, 0.05) is 13.0 Å². The smallest absolute Gasteiger partial charge is 0.407 e. The maximum absolute atomic E-state index is 10.6. The Kier molecular flexibility index (Phi) is 5.72. The Morgan fingerprint density at radius 3 is 2.67 bits per heavy atom. The number of amides is 2. The molecule has 6 nitrogen and oxygen atoms in total. The highest BCUT2D eigenvalue weighted by Crippen LogP contribution is 1.79. The zero-order chi connectivity index (χ0) is 9.40. The summed E-state index contributed by atoms with van der Waals surface area (Å²) in [7, 11) is 0. The second kappa shape index (κ2) is 6.41. The largest absolute Gasteiger partial charge is 0.450 e. The van der Waals surface area contributed by atoms with E-state index in [2.05, 4.69) is 10.1 Å². The maximum atomic E-state index is 10.6. The van der Waals surface area contributed by atoms with Crippen molar-refractivity contribution < 1.29 is 19.5 Å². The van der Waals surface area contributed by atoms with Gasteiger partial charge in [0.25, 0.3) is 0 Å². The first-order valence-corrected chi connectivity index (χ1v) is 3.54. The SMILES string of the molecule is CCOC(=O)NCCC(=O)NO. The van der Waals surface area contributed by atoms with E-state index >= 15 is 0 Å². The highest BCUT2D eigenvalue weighted by atomic mass is 16.5. The van der Waals surface area contributed by atoms with Gasteiger partial charge in [-0.3, -0.25) is 10.0 Å². The molecule has 0 aromatic heterocycles. The van der Waals surface area contributed by atoms with Crippen molar-refractivity contribution >= 4 is 12.0 Å². The highest BCUT2D eigenvalue weighted by Gasteiger charge is 2.01. The van der Waals surface area contributed by atoms with E-state index < -0.39 is 12.0 Å². The van der Waals surface area contributed by atoms with Crippen molar-refractivity contribution in [1.29, 1.82) is 0 Å². The van der Waals surface area contributed by atoms with Gasteiger partial charge in [-0.2, -0.15) is 0 Å². The van der Waals surface area contributed by atoms with Crippen LogP contribution in [-0.2, 0) is 9.53 Å². The topological polar surface area (TPSA) is 87.7 Å². The third-order valence-corrected chi connectivity index (χ3v) is 1.02. The molecule has 0 spiro atoms. The van der Waals surface area contributed by atoms with Crippen LogP contribution in [0.3, 0.4) is 0 Å². The van der Waals surface area contributed by atoms with E-state index in [1.165, 1.54) is 5.48 Å². The first kappa shape index (κ1) is 10.7. The standard InChI is InChI=1S/C6H12N2O4/c1-2-12-6(10)7-4-3-5(9)8-11/h11H,2-4H2,1H3,(H,7,10)(H,8,9). The Balaban J connectivity index is 3.30. The Morgan fingerprint density at radius 1 is 1.50 bits per heavy atom. The van der Waals surface area contributed by atoms with Crippen molar-refractivity contribution in [2.75, 3.05) is 13.2 Å². The van der Waals surface area contributed by atoms with Crippen molar-refractivity contribution in [3.8, 4) is 0 Å². The number of hydroxylamine groups is 1. The minimum absolute atomic E-state index is 0.0231. The summed E-state index contributed by atoms with van der Waals surface area (Å²) in [5.74, 6) is -0.549. The summed E-state index contributed by atoms with van der Waals surface area (Å²) in [6.45, 7) is 2.11. The third kappa shape index (κ3) is 5.48. The summed E-state index contributed by atoms with van der Waals surface area (Å²) >= 11 is 0. The van der Waals surface area contributed by atoms with E-state index in [4.69, 9.17) is 5.21 Å². The normalized spacial score (nSPS) is 8.83. The Hall–Kier alpha value is -1.30. The van der Waals surface area contributed by atoms with Crippen molar-refractivity contribution in [2.24, 2.45) is 0 Å². The lowest BCUT2D eigenvalue weighted by Crippen LogP contribution is -2.29. The number of ether oxygens (including phenoxy) is 1. The summed E-state index contributed by atoms with van der Waals surface area (Å²) in [4.78, 5) is 21.0. The first-order chi connectivity index (χ1) is 5.70. The molecule has 2 amide bonds. The molecule has 0 heterocycles. The molecular weight excluding hydrogens is 164 g/mol. The Morgan fingerprint density at radius 2 is 2.17 bits per heavy atom. The van der Waals surface area contributed by atoms with Crippen molar-refractivity contribution in [3.05, 3.63) is 0 Å². The number of hydrogen-bond acceptors (Lipinski definition) is 4. The summed E-state index contributed by atoms with van der Waals surface area (Å²) in [5.41, 5.74) is 1.44. The second-order valence-corrected chi connectivity index (χ2v) is 1.93. The van der Waals surface area contributed by atoms with Gasteiger partial charge in [0.15, 0.2) is 0 Å². The van der Waals surface area contributed by atoms with Gasteiger partial charge in [0.2, 0.25) is 5.91 Å². The zero-order valence-corrected chi connectivity index (χ0v) is 6.79. The van der Waals surface area contributed by atoms with Crippen molar-refractivity contribution in [2.45, 2.75) is 13.3 Å². The maximum Gasteiger partial charge on any atom is 0.407 e. The molecule has 70 valence electrons. The lowest BCUT2D eigenvalue weighted by Gasteiger charge is -2.03. The fourth-order valence-electron chi connectivity index (χ4n) is 0.516. The van der Waals surface area contributed by atoms with E-state index in [9.17, 15) is 9.59 Å². The van der Waals surface area contributed by atoms with Crippen LogP contribution in [0.15, 0.2) is 0 Å². The van der Waals surface area contributed by atoms with Gasteiger partial charge in [0.05, 0.1) is 6.61 Å². The first-order valence-electron chi connectivity index (χ1n) is 3.54. The summed E-state index contributed by atoms with van der Waals surface area (Å²) in [6.07, 6.45) is -0.543. The van der Waals surface area contributed by atoms with Crippen LogP contribution >= 0.6 is 0 Å². The molecule has 6 heteroatoms. The lowest BCUT2D eigenvalue weighted by molar-refractivity contribution is -0.129. The number of carbonyl (C=O) groups is 2. The van der Waals surface area contributed by atoms with Gasteiger partial charge in [-0.05, 0) is 6.92 Å².